The van der Waals surface area contributed by atoms with Crippen LogP contribution in [-0.4, -0.2) is 16.0 Å². The predicted molar refractivity (Wildman–Crippen MR) is 90.8 cm³/mol. The number of amides is 1. The molecule has 1 aromatic heterocycles. The maximum atomic E-state index is 11.1. The van der Waals surface area contributed by atoms with Crippen LogP contribution in [0.2, 0.25) is 5.02 Å². The Hall–Kier alpha value is -2.86. The van der Waals surface area contributed by atoms with Gasteiger partial charge in [0.1, 0.15) is 0 Å². The van der Waals surface area contributed by atoms with Gasteiger partial charge in [-0.15, -0.1) is 0 Å². The number of primary amides is 1. The molecule has 0 spiro atoms. The molecule has 0 aliphatic carbocycles. The van der Waals surface area contributed by atoms with Gasteiger partial charge in [-0.1, -0.05) is 47.1 Å². The molecule has 1 amide bonds. The Bertz CT molecular complexity index is 849. The normalized spacial score (nSPS) is 10.5. The van der Waals surface area contributed by atoms with Crippen LogP contribution in [0, 0.1) is 0 Å². The molecule has 6 nitrogen and oxygen atoms in total. The number of carbonyl (C=O) groups excluding carboxylic acids is 1. The first-order valence-electron chi connectivity index (χ1n) is 7.30. The van der Waals surface area contributed by atoms with Crippen molar-refractivity contribution in [2.24, 2.45) is 5.73 Å². The first-order chi connectivity index (χ1) is 11.6. The van der Waals surface area contributed by atoms with Gasteiger partial charge in [0.2, 0.25) is 11.8 Å². The monoisotopic (exact) mass is 342 g/mol. The van der Waals surface area contributed by atoms with Crippen LogP contribution in [-0.2, 0) is 13.0 Å². The molecule has 0 atom stereocenters. The molecule has 0 aliphatic heterocycles. The van der Waals surface area contributed by atoms with Crippen LogP contribution in [0.1, 0.15) is 27.6 Å². The third kappa shape index (κ3) is 3.91. The fourth-order valence-electron chi connectivity index (χ4n) is 2.21. The predicted octanol–water partition coefficient (Wildman–Crippen LogP) is 3.02. The molecule has 3 rings (SSSR count). The summed E-state index contributed by atoms with van der Waals surface area (Å²) in [4.78, 5) is 15.5. The van der Waals surface area contributed by atoms with Gasteiger partial charge in [-0.25, -0.2) is 0 Å². The number of aromatic nitrogens is 2. The summed E-state index contributed by atoms with van der Waals surface area (Å²) in [7, 11) is 0. The van der Waals surface area contributed by atoms with E-state index in [2.05, 4.69) is 15.5 Å². The van der Waals surface area contributed by atoms with E-state index >= 15 is 0 Å². The fourth-order valence-corrected chi connectivity index (χ4v) is 2.49. The highest BCUT2D eigenvalue weighted by atomic mass is 35.5. The van der Waals surface area contributed by atoms with Gasteiger partial charge >= 0.3 is 0 Å². The molecule has 0 fully saturated rings. The van der Waals surface area contributed by atoms with Gasteiger partial charge in [0.25, 0.3) is 0 Å². The van der Waals surface area contributed by atoms with Crippen LogP contribution in [0.5, 0.6) is 0 Å². The number of nitrogens with two attached hydrogens (primary N) is 1. The number of hydrogen-bond donors (Lipinski definition) is 2. The highest BCUT2D eigenvalue weighted by Crippen LogP contribution is 2.21. The highest BCUT2D eigenvalue weighted by Gasteiger charge is 2.09. The molecule has 7 heteroatoms. The number of rotatable bonds is 6. The first kappa shape index (κ1) is 16.0. The molecule has 0 unspecified atom stereocenters. The van der Waals surface area contributed by atoms with E-state index in [1.54, 1.807) is 18.2 Å². The summed E-state index contributed by atoms with van der Waals surface area (Å²) in [6, 6.07) is 14.8. The van der Waals surface area contributed by atoms with Gasteiger partial charge in [0.15, 0.2) is 5.82 Å². The van der Waals surface area contributed by atoms with Crippen LogP contribution >= 0.6 is 11.6 Å². The topological polar surface area (TPSA) is 94.0 Å². The summed E-state index contributed by atoms with van der Waals surface area (Å²) < 4.78 is 5.22. The molecule has 3 N–H and O–H groups in total. The van der Waals surface area contributed by atoms with Gasteiger partial charge in [0, 0.05) is 12.1 Å². The molecule has 3 aromatic rings. The van der Waals surface area contributed by atoms with Gasteiger partial charge in [-0.2, -0.15) is 4.98 Å². The van der Waals surface area contributed by atoms with Crippen LogP contribution in [0.3, 0.4) is 0 Å². The van der Waals surface area contributed by atoms with Crippen LogP contribution in [0.25, 0.3) is 0 Å². The third-order valence-electron chi connectivity index (χ3n) is 3.39. The summed E-state index contributed by atoms with van der Waals surface area (Å²) in [6.45, 7) is 0.355. The Morgan fingerprint density at radius 3 is 2.71 bits per heavy atom. The molecule has 0 saturated heterocycles. The molecule has 122 valence electrons. The number of carbonyl (C=O) groups is 1. The van der Waals surface area contributed by atoms with Crippen LogP contribution in [0.15, 0.2) is 53.1 Å². The second-order valence-corrected chi connectivity index (χ2v) is 5.59. The van der Waals surface area contributed by atoms with E-state index in [1.165, 1.54) is 0 Å². The Labute approximate surface area is 143 Å². The molecule has 0 radical (unpaired) electrons. The molecular weight excluding hydrogens is 328 g/mol. The van der Waals surface area contributed by atoms with Gasteiger partial charge < -0.3 is 15.6 Å². The lowest BCUT2D eigenvalue weighted by atomic mass is 10.1. The molecule has 0 aliphatic rings. The minimum atomic E-state index is -0.561. The largest absolute Gasteiger partial charge is 0.376 e. The van der Waals surface area contributed by atoms with Crippen molar-refractivity contribution in [2.45, 2.75) is 13.0 Å². The number of benzene rings is 2. The summed E-state index contributed by atoms with van der Waals surface area (Å²) in [5.74, 6) is 0.533. The zero-order valence-corrected chi connectivity index (χ0v) is 13.5. The van der Waals surface area contributed by atoms with E-state index in [0.717, 1.165) is 11.3 Å². The second-order valence-electron chi connectivity index (χ2n) is 5.18. The minimum absolute atomic E-state index is 0.283. The first-order valence-corrected chi connectivity index (χ1v) is 7.68. The summed E-state index contributed by atoms with van der Waals surface area (Å²) in [6.07, 6.45) is 0.615. The number of hydrogen-bond acceptors (Lipinski definition) is 5. The van der Waals surface area contributed by atoms with E-state index in [0.29, 0.717) is 29.7 Å². The summed E-state index contributed by atoms with van der Waals surface area (Å²) >= 11 is 6.01. The van der Waals surface area contributed by atoms with Crippen LogP contribution < -0.4 is 11.1 Å². The molecule has 0 bridgehead atoms. The Morgan fingerprint density at radius 1 is 1.21 bits per heavy atom. The van der Waals surface area contributed by atoms with Gasteiger partial charge in [0.05, 0.1) is 17.1 Å². The zero-order chi connectivity index (χ0) is 16.9. The van der Waals surface area contributed by atoms with Crippen molar-refractivity contribution in [3.63, 3.8) is 0 Å². The van der Waals surface area contributed by atoms with E-state index < -0.39 is 5.91 Å². The van der Waals surface area contributed by atoms with E-state index in [4.69, 9.17) is 21.9 Å². The van der Waals surface area contributed by atoms with Gasteiger partial charge in [-0.3, -0.25) is 4.79 Å². The Morgan fingerprint density at radius 2 is 2.00 bits per heavy atom. The third-order valence-corrected chi connectivity index (χ3v) is 3.71. The van der Waals surface area contributed by atoms with Crippen molar-refractivity contribution < 1.29 is 9.32 Å². The molecule has 0 saturated carbocycles. The second kappa shape index (κ2) is 7.14. The van der Waals surface area contributed by atoms with Crippen molar-refractivity contribution in [1.29, 1.82) is 0 Å². The molecule has 2 aromatic carbocycles. The number of nitrogens with one attached hydrogen (secondary N) is 1. The lowest BCUT2D eigenvalue weighted by molar-refractivity contribution is 0.100. The minimum Gasteiger partial charge on any atom is -0.376 e. The average molecular weight is 343 g/mol. The number of halogens is 1. The maximum Gasteiger partial charge on any atom is 0.250 e. The summed E-state index contributed by atoms with van der Waals surface area (Å²) in [5, 5.41) is 7.37. The Balaban J connectivity index is 1.61. The van der Waals surface area contributed by atoms with Gasteiger partial charge in [-0.05, 0) is 23.8 Å². The zero-order valence-electron chi connectivity index (χ0n) is 12.7. The van der Waals surface area contributed by atoms with Crippen LogP contribution in [0.4, 0.5) is 5.69 Å². The summed E-state index contributed by atoms with van der Waals surface area (Å²) in [5.41, 5.74) is 7.35. The fraction of sp³-hybridized carbons (Fsp3) is 0.118. The van der Waals surface area contributed by atoms with Crippen molar-refractivity contribution in [1.82, 2.24) is 10.1 Å². The van der Waals surface area contributed by atoms with Crippen molar-refractivity contribution in [2.75, 3.05) is 5.32 Å². The van der Waals surface area contributed by atoms with E-state index in [9.17, 15) is 4.79 Å². The lowest BCUT2D eigenvalue weighted by Gasteiger charge is -2.05. The molecule has 1 heterocycles. The standard InChI is InChI=1S/C17H15ClN4O2/c18-14-9-12(6-7-13(14)17(19)23)20-10-16-21-15(22-24-16)8-11-4-2-1-3-5-11/h1-7,9,20H,8,10H2,(H2,19,23). The quantitative estimate of drug-likeness (QED) is 0.718. The highest BCUT2D eigenvalue weighted by molar-refractivity contribution is 6.34. The van der Waals surface area contributed by atoms with Crippen molar-refractivity contribution >= 4 is 23.2 Å². The van der Waals surface area contributed by atoms with Crippen molar-refractivity contribution in [3.05, 3.63) is 76.4 Å². The van der Waals surface area contributed by atoms with E-state index in [-0.39, 0.29) is 5.56 Å². The average Bonchev–Trinajstić information content (AvgIpc) is 3.01. The van der Waals surface area contributed by atoms with Crippen molar-refractivity contribution in [3.8, 4) is 0 Å². The lowest BCUT2D eigenvalue weighted by Crippen LogP contribution is -2.11. The Kier molecular flexibility index (Phi) is 4.77. The molecular formula is C17H15ClN4O2. The smallest absolute Gasteiger partial charge is 0.250 e. The molecule has 24 heavy (non-hydrogen) atoms. The maximum absolute atomic E-state index is 11.1. The number of anilines is 1. The number of nitrogens with zero attached hydrogens (tertiary/aromatic N) is 2. The van der Waals surface area contributed by atoms with E-state index in [1.807, 2.05) is 30.3 Å². The SMILES string of the molecule is NC(=O)c1ccc(NCc2nc(Cc3ccccc3)no2)cc1Cl.